The first kappa shape index (κ1) is 11.4. The second kappa shape index (κ2) is 7.10. The molecular weight excluding hydrogens is 152 g/mol. The molecule has 0 radical (unpaired) electrons. The Balaban J connectivity index is 3.45. The summed E-state index contributed by atoms with van der Waals surface area (Å²) in [6.45, 7) is 5.92. The molecule has 1 unspecified atom stereocenters. The highest BCUT2D eigenvalue weighted by Gasteiger charge is 2.04. The number of unbranched alkanes of at least 4 members (excludes halogenated alkanes) is 1. The highest BCUT2D eigenvalue weighted by Crippen LogP contribution is 2.03. The van der Waals surface area contributed by atoms with E-state index in [4.69, 9.17) is 10.2 Å². The zero-order valence-corrected chi connectivity index (χ0v) is 8.31. The van der Waals surface area contributed by atoms with Crippen molar-refractivity contribution in [1.29, 1.82) is 5.41 Å². The van der Waals surface area contributed by atoms with Crippen LogP contribution in [0.3, 0.4) is 0 Å². The molecule has 0 amide bonds. The Hall–Kier alpha value is -0.570. The van der Waals surface area contributed by atoms with Crippen molar-refractivity contribution >= 4 is 5.90 Å². The summed E-state index contributed by atoms with van der Waals surface area (Å²) in [5.41, 5.74) is 2.88. The van der Waals surface area contributed by atoms with Gasteiger partial charge in [0.1, 0.15) is 0 Å². The predicted molar refractivity (Wildman–Crippen MR) is 51.2 cm³/mol. The van der Waals surface area contributed by atoms with Gasteiger partial charge in [-0.3, -0.25) is 5.41 Å². The van der Waals surface area contributed by atoms with Crippen LogP contribution in [0, 0.1) is 5.41 Å². The topological polar surface area (TPSA) is 45.1 Å². The lowest BCUT2D eigenvalue weighted by Gasteiger charge is -2.15. The first-order valence-electron chi connectivity index (χ1n) is 4.68. The Morgan fingerprint density at radius 3 is 2.58 bits per heavy atom. The van der Waals surface area contributed by atoms with Crippen molar-refractivity contribution in [3.8, 4) is 0 Å². The van der Waals surface area contributed by atoms with Gasteiger partial charge in [0.2, 0.25) is 5.90 Å². The van der Waals surface area contributed by atoms with Gasteiger partial charge in [-0.05, 0) is 12.8 Å². The predicted octanol–water partition coefficient (Wildman–Crippen LogP) is 2.47. The van der Waals surface area contributed by atoms with Gasteiger partial charge in [0.15, 0.2) is 0 Å². The van der Waals surface area contributed by atoms with Crippen LogP contribution in [0.15, 0.2) is 0 Å². The first-order chi connectivity index (χ1) is 5.70. The number of hydrogen-bond donors (Lipinski definition) is 2. The molecule has 0 aliphatic heterocycles. The molecule has 2 N–H and O–H groups in total. The summed E-state index contributed by atoms with van der Waals surface area (Å²) in [4.78, 5) is 4.93. The molecule has 0 saturated carbocycles. The lowest BCUT2D eigenvalue weighted by molar-refractivity contribution is 0.129. The van der Waals surface area contributed by atoms with E-state index in [1.807, 2.05) is 0 Å². The maximum Gasteiger partial charge on any atom is 0.203 e. The van der Waals surface area contributed by atoms with Crippen LogP contribution in [0.25, 0.3) is 0 Å². The molecule has 0 aliphatic carbocycles. The summed E-state index contributed by atoms with van der Waals surface area (Å²) in [7, 11) is 0. The molecule has 0 fully saturated rings. The Labute approximate surface area is 75.0 Å². The molecule has 3 heteroatoms. The molecular formula is C9H20N2O. The molecule has 1 atom stereocenters. The molecule has 0 aromatic carbocycles. The van der Waals surface area contributed by atoms with Crippen molar-refractivity contribution < 1.29 is 4.84 Å². The average Bonchev–Trinajstić information content (AvgIpc) is 2.05. The molecule has 0 aliphatic rings. The van der Waals surface area contributed by atoms with Crippen molar-refractivity contribution in [3.05, 3.63) is 0 Å². The second-order valence-electron chi connectivity index (χ2n) is 3.02. The molecule has 0 bridgehead atoms. The van der Waals surface area contributed by atoms with Crippen LogP contribution < -0.4 is 5.48 Å². The van der Waals surface area contributed by atoms with Crippen molar-refractivity contribution in [2.24, 2.45) is 0 Å². The monoisotopic (exact) mass is 172 g/mol. The second-order valence-corrected chi connectivity index (χ2v) is 3.02. The quantitative estimate of drug-likeness (QED) is 0.367. The highest BCUT2D eigenvalue weighted by atomic mass is 16.7. The zero-order chi connectivity index (χ0) is 9.40. The molecule has 0 heterocycles. The van der Waals surface area contributed by atoms with Crippen LogP contribution in [0.4, 0.5) is 0 Å². The summed E-state index contributed by atoms with van der Waals surface area (Å²) in [5, 5.41) is 7.06. The van der Waals surface area contributed by atoms with Crippen LogP contribution in [0.2, 0.25) is 0 Å². The molecule has 0 spiro atoms. The van der Waals surface area contributed by atoms with E-state index in [1.165, 1.54) is 12.8 Å². The van der Waals surface area contributed by atoms with Crippen LogP contribution in [-0.4, -0.2) is 11.9 Å². The Morgan fingerprint density at radius 1 is 1.50 bits per heavy atom. The van der Waals surface area contributed by atoms with Crippen molar-refractivity contribution in [2.45, 2.75) is 52.5 Å². The van der Waals surface area contributed by atoms with Crippen LogP contribution in [0.1, 0.15) is 46.5 Å². The lowest BCUT2D eigenvalue weighted by Crippen LogP contribution is -2.30. The Morgan fingerprint density at radius 2 is 2.17 bits per heavy atom. The van der Waals surface area contributed by atoms with Crippen LogP contribution >= 0.6 is 0 Å². The molecule has 0 saturated heterocycles. The number of hydrogen-bond acceptors (Lipinski definition) is 3. The molecule has 72 valence electrons. The summed E-state index contributed by atoms with van der Waals surface area (Å²) in [6, 6.07) is 0.394. The van der Waals surface area contributed by atoms with Crippen molar-refractivity contribution in [3.63, 3.8) is 0 Å². The van der Waals surface area contributed by atoms with E-state index in [0.29, 0.717) is 6.04 Å². The highest BCUT2D eigenvalue weighted by molar-refractivity contribution is 5.68. The average molecular weight is 172 g/mol. The number of rotatable bonds is 6. The van der Waals surface area contributed by atoms with E-state index >= 15 is 0 Å². The van der Waals surface area contributed by atoms with Gasteiger partial charge in [0.05, 0.1) is 0 Å². The number of nitrogens with one attached hydrogen (secondary N) is 2. The minimum atomic E-state index is 0.227. The minimum Gasteiger partial charge on any atom is -0.394 e. The minimum absolute atomic E-state index is 0.227. The third-order valence-corrected chi connectivity index (χ3v) is 1.78. The molecule has 0 aromatic heterocycles. The Bertz CT molecular complexity index is 126. The van der Waals surface area contributed by atoms with Gasteiger partial charge in [0, 0.05) is 13.0 Å². The maximum atomic E-state index is 7.06. The molecule has 0 rings (SSSR count). The van der Waals surface area contributed by atoms with Gasteiger partial charge in [-0.25, -0.2) is 0 Å². The Kier molecular flexibility index (Phi) is 6.76. The summed E-state index contributed by atoms with van der Waals surface area (Å²) >= 11 is 0. The van der Waals surface area contributed by atoms with E-state index < -0.39 is 0 Å². The van der Waals surface area contributed by atoms with Gasteiger partial charge < -0.3 is 4.84 Å². The summed E-state index contributed by atoms with van der Waals surface area (Å²) < 4.78 is 0. The molecule has 0 aromatic rings. The largest absolute Gasteiger partial charge is 0.394 e. The SMILES string of the molecule is CCCCC(CC)NOC(C)=N. The van der Waals surface area contributed by atoms with Gasteiger partial charge in [-0.2, -0.15) is 5.48 Å². The summed E-state index contributed by atoms with van der Waals surface area (Å²) in [6.07, 6.45) is 4.60. The van der Waals surface area contributed by atoms with E-state index in [-0.39, 0.29) is 5.90 Å². The zero-order valence-electron chi connectivity index (χ0n) is 8.31. The van der Waals surface area contributed by atoms with E-state index in [0.717, 1.165) is 12.8 Å². The van der Waals surface area contributed by atoms with E-state index in [1.54, 1.807) is 6.92 Å². The third kappa shape index (κ3) is 6.16. The molecule has 12 heavy (non-hydrogen) atoms. The van der Waals surface area contributed by atoms with Gasteiger partial charge in [-0.15, -0.1) is 0 Å². The standard InChI is InChI=1S/C9H20N2O/c1-4-6-7-9(5-2)11-12-8(3)10/h9-11H,4-7H2,1-3H3. The molecule has 3 nitrogen and oxygen atoms in total. The number of hydroxylamine groups is 1. The van der Waals surface area contributed by atoms with Gasteiger partial charge in [-0.1, -0.05) is 26.7 Å². The normalized spacial score (nSPS) is 12.6. The van der Waals surface area contributed by atoms with Crippen molar-refractivity contribution in [1.82, 2.24) is 5.48 Å². The van der Waals surface area contributed by atoms with E-state index in [2.05, 4.69) is 19.3 Å². The third-order valence-electron chi connectivity index (χ3n) is 1.78. The van der Waals surface area contributed by atoms with Crippen molar-refractivity contribution in [2.75, 3.05) is 0 Å². The smallest absolute Gasteiger partial charge is 0.203 e. The van der Waals surface area contributed by atoms with Gasteiger partial charge in [0.25, 0.3) is 0 Å². The fraction of sp³-hybridized carbons (Fsp3) is 0.889. The lowest BCUT2D eigenvalue weighted by atomic mass is 10.1. The van der Waals surface area contributed by atoms with Gasteiger partial charge >= 0.3 is 0 Å². The van der Waals surface area contributed by atoms with E-state index in [9.17, 15) is 0 Å². The summed E-state index contributed by atoms with van der Waals surface area (Å²) in [5.74, 6) is 0.227. The maximum absolute atomic E-state index is 7.06. The van der Waals surface area contributed by atoms with Crippen LogP contribution in [-0.2, 0) is 4.84 Å². The van der Waals surface area contributed by atoms with Crippen LogP contribution in [0.5, 0.6) is 0 Å². The fourth-order valence-corrected chi connectivity index (χ4v) is 0.969. The fourth-order valence-electron chi connectivity index (χ4n) is 0.969. The first-order valence-corrected chi connectivity index (χ1v) is 4.68.